The number of aliphatic hydroxyl groups is 5. The first-order valence-electron chi connectivity index (χ1n) is 18.9. The number of hydrogen-bond donors (Lipinski definition) is 11. The van der Waals surface area contributed by atoms with E-state index in [4.69, 9.17) is 41.4 Å². The zero-order valence-corrected chi connectivity index (χ0v) is 32.0. The first-order chi connectivity index (χ1) is 30.4. The lowest BCUT2D eigenvalue weighted by Crippen LogP contribution is -2.64. The van der Waals surface area contributed by atoms with Crippen LogP contribution in [0.5, 0.6) is 46.0 Å². The van der Waals surface area contributed by atoms with Gasteiger partial charge >= 0.3 is 22.5 Å². The number of aliphatic hydroxyl groups excluding tert-OH is 5. The van der Waals surface area contributed by atoms with Gasteiger partial charge in [0, 0.05) is 21.5 Å². The van der Waals surface area contributed by atoms with E-state index in [2.05, 4.69) is 0 Å². The van der Waals surface area contributed by atoms with Crippen molar-refractivity contribution in [3.63, 3.8) is 0 Å². The topological polar surface area (TPSA) is 390 Å². The second-order valence-corrected chi connectivity index (χ2v) is 15.2. The summed E-state index contributed by atoms with van der Waals surface area (Å²) in [6, 6.07) is 3.70. The lowest BCUT2D eigenvalue weighted by molar-refractivity contribution is -0.348. The van der Waals surface area contributed by atoms with E-state index in [0.717, 1.165) is 24.3 Å². The van der Waals surface area contributed by atoms with Crippen molar-refractivity contribution in [1.29, 1.82) is 0 Å². The Hall–Kier alpha value is -7.16. The van der Waals surface area contributed by atoms with Crippen LogP contribution in [0.4, 0.5) is 0 Å². The summed E-state index contributed by atoms with van der Waals surface area (Å²) in [6.45, 7) is 0.557. The van der Waals surface area contributed by atoms with Crippen molar-refractivity contribution in [1.82, 2.24) is 0 Å². The van der Waals surface area contributed by atoms with Crippen molar-refractivity contribution in [2.24, 2.45) is 0 Å². The van der Waals surface area contributed by atoms with E-state index in [-0.39, 0.29) is 43.1 Å². The zero-order chi connectivity index (χ0) is 45.5. The minimum Gasteiger partial charge on any atom is -0.504 e. The molecule has 6 heterocycles. The zero-order valence-electron chi connectivity index (χ0n) is 32.0. The maximum Gasteiger partial charge on any atom is 0.344 e. The lowest BCUT2D eigenvalue weighted by Gasteiger charge is -2.45. The van der Waals surface area contributed by atoms with Crippen LogP contribution in [-0.2, 0) is 14.2 Å². The van der Waals surface area contributed by atoms with Gasteiger partial charge in [-0.25, -0.2) is 19.2 Å². The molecule has 2 aliphatic rings. The highest BCUT2D eigenvalue weighted by molar-refractivity contribution is 6.23. The van der Waals surface area contributed by atoms with Crippen LogP contribution in [0.2, 0.25) is 0 Å². The van der Waals surface area contributed by atoms with Crippen LogP contribution < -0.4 is 32.0 Å². The Balaban J connectivity index is 0.887. The van der Waals surface area contributed by atoms with Crippen LogP contribution >= 0.6 is 0 Å². The molecule has 8 aromatic rings. The normalized spacial score (nSPS) is 26.6. The third-order valence-electron chi connectivity index (χ3n) is 11.5. The third-order valence-corrected chi connectivity index (χ3v) is 11.5. The summed E-state index contributed by atoms with van der Waals surface area (Å²) in [5.74, 6) is -6.15. The molecule has 10 atom stereocenters. The van der Waals surface area contributed by atoms with Gasteiger partial charge in [-0.15, -0.1) is 0 Å². The van der Waals surface area contributed by atoms with E-state index in [1.807, 2.05) is 0 Å². The minimum atomic E-state index is -2.04. The van der Waals surface area contributed by atoms with Crippen molar-refractivity contribution < 1.29 is 97.5 Å². The van der Waals surface area contributed by atoms with Crippen LogP contribution in [0.1, 0.15) is 6.92 Å². The highest BCUT2D eigenvalue weighted by atomic mass is 16.7. The SMILES string of the molecule is C[C@H]1O[C@@H](Oc2cc3c(=O)oc4c(O)c(O)cc5c(=O)oc(c2O)c3c45)[C@H](O)[C@H](O)[C@H]1O[C@@H]1O[C@H](COc2cc3c(=O)oc4c(O)c(O)cc5c(=O)oc(c2O)c3c45)[C@H](O)[C@@H](O)[C@H]1O. The number of aromatic hydroxyl groups is 6. The number of hydrogen-bond acceptors (Lipinski definition) is 24. The summed E-state index contributed by atoms with van der Waals surface area (Å²) in [4.78, 5) is 51.8. The summed E-state index contributed by atoms with van der Waals surface area (Å²) < 4.78 is 49.4. The maximum absolute atomic E-state index is 13.1. The van der Waals surface area contributed by atoms with E-state index in [9.17, 15) is 75.3 Å². The second kappa shape index (κ2) is 14.2. The molecule has 2 aliphatic heterocycles. The largest absolute Gasteiger partial charge is 0.504 e. The molecular formula is C40H30O24. The average Bonchev–Trinajstić information content (AvgIpc) is 3.25. The molecule has 24 nitrogen and oxygen atoms in total. The molecule has 0 unspecified atom stereocenters. The number of rotatable bonds is 7. The Morgan fingerprint density at radius 1 is 0.500 bits per heavy atom. The summed E-state index contributed by atoms with van der Waals surface area (Å²) in [5, 5.41) is 116. The first-order valence-corrected chi connectivity index (χ1v) is 18.9. The smallest absolute Gasteiger partial charge is 0.344 e. The molecule has 0 bridgehead atoms. The predicted octanol–water partition coefficient (Wildman–Crippen LogP) is -0.355. The predicted molar refractivity (Wildman–Crippen MR) is 208 cm³/mol. The van der Waals surface area contributed by atoms with Crippen LogP contribution in [0, 0.1) is 0 Å². The van der Waals surface area contributed by atoms with Gasteiger partial charge in [0.1, 0.15) is 49.3 Å². The maximum atomic E-state index is 13.1. The van der Waals surface area contributed by atoms with Crippen LogP contribution in [0.25, 0.3) is 65.4 Å². The fraction of sp³-hybridized carbons (Fsp3) is 0.300. The van der Waals surface area contributed by atoms with Gasteiger partial charge in [-0.05, 0) is 31.2 Å². The van der Waals surface area contributed by atoms with Crippen LogP contribution in [0.15, 0.2) is 61.1 Å². The molecule has 10 rings (SSSR count). The molecular weight excluding hydrogens is 864 g/mol. The minimum absolute atomic E-state index is 0.160. The molecule has 64 heavy (non-hydrogen) atoms. The highest BCUT2D eigenvalue weighted by Crippen LogP contribution is 2.47. The molecule has 2 fully saturated rings. The molecule has 0 amide bonds. The van der Waals surface area contributed by atoms with Gasteiger partial charge in [0.15, 0.2) is 51.6 Å². The standard InChI is InChI=1S/C40H30O24/c1-7-30(27(49)29(51)39(57-7)58-15-5-11-20-18-9(36(53)63-34(20)25(15)47)3-13(42)22(44)32(18)61-38(11)55)64-40-28(50)26(48)23(45)16(59-40)6-56-14-4-10-19-17-8(35(52)62-33(19)24(14)46)2-12(41)21(43)31(17)60-37(10)54/h2-5,7,16,23,26-30,39-51H,6H2,1H3/t7-,16-,23+,26-,27+,28-,29-,30+,39+,40+/m1/s1. The van der Waals surface area contributed by atoms with Gasteiger partial charge < -0.3 is 97.5 Å². The fourth-order valence-electron chi connectivity index (χ4n) is 8.25. The van der Waals surface area contributed by atoms with Gasteiger partial charge in [-0.2, -0.15) is 0 Å². The number of phenolic OH excluding ortho intramolecular Hbond substituents is 6. The number of benzene rings is 4. The van der Waals surface area contributed by atoms with E-state index in [0.29, 0.717) is 0 Å². The van der Waals surface area contributed by atoms with Crippen molar-refractivity contribution in [3.8, 4) is 46.0 Å². The molecule has 24 heteroatoms. The van der Waals surface area contributed by atoms with E-state index in [1.54, 1.807) is 0 Å². The van der Waals surface area contributed by atoms with Crippen molar-refractivity contribution in [2.45, 2.75) is 68.3 Å². The van der Waals surface area contributed by atoms with Gasteiger partial charge in [-0.1, -0.05) is 0 Å². The molecule has 4 aromatic heterocycles. The molecule has 0 radical (unpaired) electrons. The Kier molecular flexibility index (Phi) is 9.06. The van der Waals surface area contributed by atoms with Gasteiger partial charge in [-0.3, -0.25) is 0 Å². The van der Waals surface area contributed by atoms with E-state index in [1.165, 1.54) is 6.92 Å². The molecule has 2 saturated heterocycles. The van der Waals surface area contributed by atoms with Gasteiger partial charge in [0.2, 0.25) is 29.3 Å². The third kappa shape index (κ3) is 5.78. The summed E-state index contributed by atoms with van der Waals surface area (Å²) in [5.41, 5.74) is -6.79. The fourth-order valence-corrected chi connectivity index (χ4v) is 8.25. The molecule has 4 aromatic carbocycles. The molecule has 0 saturated carbocycles. The average molecular weight is 895 g/mol. The molecule has 0 aliphatic carbocycles. The van der Waals surface area contributed by atoms with Crippen molar-refractivity contribution in [3.05, 3.63) is 65.9 Å². The van der Waals surface area contributed by atoms with Crippen LogP contribution in [-0.4, -0.2) is 124 Å². The quantitative estimate of drug-likeness (QED) is 0.0553. The highest BCUT2D eigenvalue weighted by Gasteiger charge is 2.51. The summed E-state index contributed by atoms with van der Waals surface area (Å²) in [6.07, 6.45) is -18.2. The van der Waals surface area contributed by atoms with Gasteiger partial charge in [0.25, 0.3) is 0 Å². The monoisotopic (exact) mass is 894 g/mol. The van der Waals surface area contributed by atoms with Crippen LogP contribution in [0.3, 0.4) is 0 Å². The molecule has 334 valence electrons. The van der Waals surface area contributed by atoms with Gasteiger partial charge in [0.05, 0.1) is 27.6 Å². The van der Waals surface area contributed by atoms with Crippen molar-refractivity contribution >= 4 is 65.4 Å². The number of ether oxygens (including phenoxy) is 5. The van der Waals surface area contributed by atoms with Crippen molar-refractivity contribution in [2.75, 3.05) is 6.61 Å². The first kappa shape index (κ1) is 40.9. The second-order valence-electron chi connectivity index (χ2n) is 15.2. The Bertz CT molecular complexity index is 3460. The Morgan fingerprint density at radius 2 is 0.922 bits per heavy atom. The molecule has 0 spiro atoms. The lowest BCUT2D eigenvalue weighted by atomic mass is 9.97. The summed E-state index contributed by atoms with van der Waals surface area (Å²) >= 11 is 0. The van der Waals surface area contributed by atoms with E-state index < -0.39 is 159 Å². The summed E-state index contributed by atoms with van der Waals surface area (Å²) in [7, 11) is 0. The Labute approximate surface area is 349 Å². The Morgan fingerprint density at radius 3 is 1.42 bits per heavy atom. The number of phenols is 6. The van der Waals surface area contributed by atoms with E-state index >= 15 is 0 Å². The molecule has 11 N–H and O–H groups in total.